The number of likely N-dealkylation sites (N-methyl/N-ethyl adjacent to an activating group) is 2. The number of unbranched alkanes of at least 4 members (excludes halogenated alkanes) is 2. The molecule has 2 aromatic carbocycles. The van der Waals surface area contributed by atoms with Crippen LogP contribution >= 0.6 is 11.8 Å². The summed E-state index contributed by atoms with van der Waals surface area (Å²) >= 11 is 1.05. The summed E-state index contributed by atoms with van der Waals surface area (Å²) in [5.74, 6) is -5.79. The van der Waals surface area contributed by atoms with E-state index in [4.69, 9.17) is 20.3 Å². The molecule has 4 rings (SSSR count). The molecule has 11 atom stereocenters. The first-order valence-electron chi connectivity index (χ1n) is 30.6. The van der Waals surface area contributed by atoms with Crippen LogP contribution < -0.4 is 32.5 Å². The Hall–Kier alpha value is -6.47. The summed E-state index contributed by atoms with van der Waals surface area (Å²) < 4.78 is 12.2. The predicted molar refractivity (Wildman–Crippen MR) is 332 cm³/mol. The van der Waals surface area contributed by atoms with E-state index < -0.39 is 77.4 Å². The molecule has 2 aliphatic heterocycles. The number of amides is 9. The average molecular weight is 1240 g/mol. The zero-order chi connectivity index (χ0) is 64.5. The molecule has 0 spiro atoms. The number of rotatable bonds is 37. The number of hydrogen-bond donors (Lipinski definition) is 7. The van der Waals surface area contributed by atoms with E-state index >= 15 is 0 Å². The van der Waals surface area contributed by atoms with E-state index in [1.807, 2.05) is 107 Å². The summed E-state index contributed by atoms with van der Waals surface area (Å²) in [5, 5.41) is 17.4. The fraction of sp³-hybridized carbons (Fsp3) is 0.651. The van der Waals surface area contributed by atoms with Crippen molar-refractivity contribution in [1.29, 1.82) is 0 Å². The fourth-order valence-electron chi connectivity index (χ4n) is 11.5. The highest BCUT2D eigenvalue weighted by atomic mass is 32.2. The number of nitrogens with zero attached hydrogens (tertiary/aromatic N) is 4. The molecule has 0 saturated carbocycles. The average Bonchev–Trinajstić information content (AvgIpc) is 3.94. The Morgan fingerprint density at radius 2 is 1.40 bits per heavy atom. The molecule has 24 heteroatoms. The summed E-state index contributed by atoms with van der Waals surface area (Å²) in [5.41, 5.74) is 12.2. The Morgan fingerprint density at radius 1 is 0.782 bits per heavy atom. The minimum absolute atomic E-state index is 0.00833. The molecule has 23 nitrogen and oxygen atoms in total. The fourth-order valence-corrected chi connectivity index (χ4v) is 12.6. The van der Waals surface area contributed by atoms with Gasteiger partial charge in [-0.05, 0) is 74.6 Å². The number of carbonyl (C=O) groups is 10. The molecule has 2 heterocycles. The first-order valence-corrected chi connectivity index (χ1v) is 31.7. The lowest BCUT2D eigenvalue weighted by Crippen LogP contribution is -2.60. The molecule has 9 amide bonds. The van der Waals surface area contributed by atoms with Crippen LogP contribution in [0, 0.1) is 23.7 Å². The van der Waals surface area contributed by atoms with Crippen LogP contribution in [0.1, 0.15) is 130 Å². The Morgan fingerprint density at radius 3 is 1.98 bits per heavy atom. The third kappa shape index (κ3) is 22.3. The number of thioether (sulfide) groups is 1. The van der Waals surface area contributed by atoms with E-state index in [-0.39, 0.29) is 104 Å². The van der Waals surface area contributed by atoms with Crippen molar-refractivity contribution in [3.8, 4) is 0 Å². The SMILES string of the molecule is CC[C@H](C)[C@@H]([C@@H](CC(=O)N1CCC[C@H]1[C@H](OC)[C@@H](C)C(=O)N[C@@H](Cc1ccccc1)C(=O)NCc1ccccc1)OC)N(C)C(=O)[C@@H](NC(=O)[C@H](C(C)C)N(C)CCCC(=O)NNC(=O)CCCCCN1C(=O)CC(SC[C@H](N)C(=O)O)C1=O)C(C)C. The van der Waals surface area contributed by atoms with Gasteiger partial charge < -0.3 is 46.1 Å². The van der Waals surface area contributed by atoms with Crippen molar-refractivity contribution in [3.05, 3.63) is 71.8 Å². The highest BCUT2D eigenvalue weighted by Crippen LogP contribution is 2.31. The summed E-state index contributed by atoms with van der Waals surface area (Å²) in [6.07, 6.45) is 2.56. The molecule has 1 unspecified atom stereocenters. The summed E-state index contributed by atoms with van der Waals surface area (Å²) in [6, 6.07) is 14.3. The second-order valence-electron chi connectivity index (χ2n) is 23.8. The third-order valence-corrected chi connectivity index (χ3v) is 17.9. The van der Waals surface area contributed by atoms with Gasteiger partial charge >= 0.3 is 5.97 Å². The molecular formula is C63H98N10O13S. The molecule has 2 aromatic rings. The maximum absolute atomic E-state index is 14.8. The van der Waals surface area contributed by atoms with E-state index in [0.717, 1.165) is 27.8 Å². The number of likely N-dealkylation sites (tertiary alicyclic amines) is 2. The van der Waals surface area contributed by atoms with Crippen molar-refractivity contribution in [3.63, 3.8) is 0 Å². The van der Waals surface area contributed by atoms with Crippen molar-refractivity contribution < 1.29 is 62.5 Å². The van der Waals surface area contributed by atoms with E-state index in [1.165, 1.54) is 14.2 Å². The monoisotopic (exact) mass is 1230 g/mol. The van der Waals surface area contributed by atoms with Crippen LogP contribution in [0.3, 0.4) is 0 Å². The number of ether oxygens (including phenoxy) is 2. The Balaban J connectivity index is 1.30. The van der Waals surface area contributed by atoms with E-state index in [2.05, 4.69) is 26.8 Å². The molecule has 484 valence electrons. The molecule has 2 saturated heterocycles. The zero-order valence-corrected chi connectivity index (χ0v) is 53.7. The molecule has 0 aliphatic carbocycles. The molecule has 0 radical (unpaired) electrons. The van der Waals surface area contributed by atoms with Gasteiger partial charge in [0.25, 0.3) is 0 Å². The molecule has 2 aliphatic rings. The van der Waals surface area contributed by atoms with Crippen molar-refractivity contribution >= 4 is 70.9 Å². The van der Waals surface area contributed by atoms with Gasteiger partial charge in [-0.1, -0.05) is 122 Å². The number of benzene rings is 2. The number of carboxylic acid groups (broad SMARTS) is 1. The minimum atomic E-state index is -1.18. The van der Waals surface area contributed by atoms with Gasteiger partial charge in [-0.25, -0.2) is 0 Å². The largest absolute Gasteiger partial charge is 0.480 e. The Labute approximate surface area is 518 Å². The number of hydrogen-bond acceptors (Lipinski definition) is 15. The number of carboxylic acids is 1. The lowest BCUT2D eigenvalue weighted by Gasteiger charge is -2.41. The van der Waals surface area contributed by atoms with Gasteiger partial charge in [-0.2, -0.15) is 0 Å². The summed E-state index contributed by atoms with van der Waals surface area (Å²) in [6.45, 7) is 14.5. The van der Waals surface area contributed by atoms with Gasteiger partial charge in [0.15, 0.2) is 0 Å². The van der Waals surface area contributed by atoms with Crippen molar-refractivity contribution in [1.82, 2.24) is 46.4 Å². The second kappa shape index (κ2) is 36.7. The van der Waals surface area contributed by atoms with Gasteiger partial charge in [-0.3, -0.25) is 68.6 Å². The highest BCUT2D eigenvalue weighted by Gasteiger charge is 2.44. The second-order valence-corrected chi connectivity index (χ2v) is 25.0. The number of carbonyl (C=O) groups excluding carboxylic acids is 9. The molecular weight excluding hydrogens is 1140 g/mol. The van der Waals surface area contributed by atoms with Crippen LogP contribution in [0.4, 0.5) is 0 Å². The Bertz CT molecular complexity index is 2580. The first kappa shape index (κ1) is 73.0. The van der Waals surface area contributed by atoms with E-state index in [0.29, 0.717) is 64.6 Å². The van der Waals surface area contributed by atoms with Crippen LogP contribution in [0.15, 0.2) is 60.7 Å². The number of methoxy groups -OCH3 is 2. The minimum Gasteiger partial charge on any atom is -0.480 e. The lowest BCUT2D eigenvalue weighted by atomic mass is 9.89. The molecule has 2 fully saturated rings. The van der Waals surface area contributed by atoms with E-state index in [9.17, 15) is 47.9 Å². The van der Waals surface area contributed by atoms with Crippen molar-refractivity contribution in [2.24, 2.45) is 29.4 Å². The van der Waals surface area contributed by atoms with Crippen LogP contribution in [0.5, 0.6) is 0 Å². The quantitative estimate of drug-likeness (QED) is 0.0287. The Kier molecular flexibility index (Phi) is 30.8. The van der Waals surface area contributed by atoms with Gasteiger partial charge in [0, 0.05) is 72.3 Å². The molecule has 87 heavy (non-hydrogen) atoms. The van der Waals surface area contributed by atoms with Crippen molar-refractivity contribution in [2.75, 3.05) is 53.7 Å². The third-order valence-electron chi connectivity index (χ3n) is 16.6. The number of aliphatic carboxylic acids is 1. The van der Waals surface area contributed by atoms with Crippen LogP contribution in [-0.2, 0) is 70.4 Å². The van der Waals surface area contributed by atoms with Crippen molar-refractivity contribution in [2.45, 2.75) is 186 Å². The van der Waals surface area contributed by atoms with Crippen LogP contribution in [-0.4, -0.2) is 191 Å². The highest BCUT2D eigenvalue weighted by molar-refractivity contribution is 8.00. The standard InChI is InChI=1S/C63H98N10O13S/c1-12-41(6)56(48(85-10)35-52(76)72-33-22-28-47(72)57(86-11)42(7)58(78)66-46(34-43-24-16-13-17-25-43)59(79)65-37-44-26-18-14-19-27-44)71(9)62(82)54(39(2)3)67-60(80)55(40(4)5)70(8)31-23-30-51(75)69-68-50(74)29-20-15-21-32-73-53(77)36-49(61(73)81)87-38-45(64)63(83)84/h13-14,16-19,24-27,39-42,45-49,54-57H,12,15,20-23,28-38,64H2,1-11H3,(H,65,79)(H,66,78)(H,67,80)(H,68,74)(H,69,75)(H,83,84)/t41-,42+,45-,46-,47-,48+,49?,54-,55-,56-,57+/m0/s1. The van der Waals surface area contributed by atoms with Crippen LogP contribution in [0.25, 0.3) is 0 Å². The normalized spacial score (nSPS) is 18.3. The topological polar surface area (TPSA) is 309 Å². The zero-order valence-electron chi connectivity index (χ0n) is 52.9. The maximum Gasteiger partial charge on any atom is 0.321 e. The predicted octanol–water partition coefficient (Wildman–Crippen LogP) is 3.81. The van der Waals surface area contributed by atoms with Gasteiger partial charge in [0.2, 0.25) is 53.2 Å². The molecule has 0 aromatic heterocycles. The number of imide groups is 1. The van der Waals surface area contributed by atoms with Crippen LogP contribution in [0.2, 0.25) is 0 Å². The number of hydrazine groups is 1. The smallest absolute Gasteiger partial charge is 0.321 e. The van der Waals surface area contributed by atoms with Gasteiger partial charge in [0.1, 0.15) is 18.1 Å². The lowest BCUT2D eigenvalue weighted by molar-refractivity contribution is -0.148. The van der Waals surface area contributed by atoms with E-state index in [1.54, 1.807) is 30.8 Å². The summed E-state index contributed by atoms with van der Waals surface area (Å²) in [4.78, 5) is 139. The number of nitrogens with one attached hydrogen (secondary N) is 5. The maximum atomic E-state index is 14.8. The molecule has 8 N–H and O–H groups in total. The first-order chi connectivity index (χ1) is 41.3. The van der Waals surface area contributed by atoms with Gasteiger partial charge in [0.05, 0.1) is 47.9 Å². The molecule has 0 bridgehead atoms. The van der Waals surface area contributed by atoms with Gasteiger partial charge in [-0.15, -0.1) is 11.8 Å². The number of nitrogens with two attached hydrogens (primary N) is 1. The summed E-state index contributed by atoms with van der Waals surface area (Å²) in [7, 11) is 6.49.